The van der Waals surface area contributed by atoms with Crippen molar-refractivity contribution in [1.29, 1.82) is 0 Å². The maximum Gasteiger partial charge on any atom is 0.248 e. The number of rotatable bonds is 6. The van der Waals surface area contributed by atoms with E-state index in [1.165, 1.54) is 35.1 Å². The van der Waals surface area contributed by atoms with Crippen LogP contribution in [0.15, 0.2) is 71.9 Å². The lowest BCUT2D eigenvalue weighted by molar-refractivity contribution is 0.0623. The van der Waals surface area contributed by atoms with Gasteiger partial charge in [-0.25, -0.2) is 10.00 Å². The van der Waals surface area contributed by atoms with Crippen molar-refractivity contribution < 1.29 is 9.57 Å². The third-order valence-electron chi connectivity index (χ3n) is 6.57. The number of aryl methyl sites for hydroxylation is 2. The lowest BCUT2D eigenvalue weighted by Gasteiger charge is -2.23. The molecule has 1 atom stereocenters. The maximum absolute atomic E-state index is 6.34. The summed E-state index contributed by atoms with van der Waals surface area (Å²) in [6, 6.07) is 20.9. The van der Waals surface area contributed by atoms with Crippen LogP contribution in [-0.2, 0) is 11.3 Å². The summed E-state index contributed by atoms with van der Waals surface area (Å²) in [7, 11) is 0. The fourth-order valence-corrected chi connectivity index (χ4v) is 4.57. The SMILES string of the molecule is Cc1ccc(CC2CONC(c3cc4cccn4nc3Oc3cccc(C4CC4)c3)=N2)c(C)c1. The van der Waals surface area contributed by atoms with Crippen LogP contribution in [0.2, 0.25) is 0 Å². The quantitative estimate of drug-likeness (QED) is 0.419. The average molecular weight is 453 g/mol. The summed E-state index contributed by atoms with van der Waals surface area (Å²) in [6.45, 7) is 4.78. The minimum atomic E-state index is 0.00622. The number of benzene rings is 2. The van der Waals surface area contributed by atoms with Crippen LogP contribution in [0.25, 0.3) is 5.52 Å². The normalized spacial score (nSPS) is 17.9. The molecule has 0 amide bonds. The minimum Gasteiger partial charge on any atom is -0.437 e. The minimum absolute atomic E-state index is 0.00622. The number of hydrogen-bond donors (Lipinski definition) is 1. The van der Waals surface area contributed by atoms with Crippen LogP contribution in [0, 0.1) is 13.8 Å². The Balaban J connectivity index is 1.34. The molecule has 172 valence electrons. The summed E-state index contributed by atoms with van der Waals surface area (Å²) in [4.78, 5) is 10.8. The van der Waals surface area contributed by atoms with E-state index in [-0.39, 0.29) is 6.04 Å². The number of fused-ring (bicyclic) bond motifs is 1. The van der Waals surface area contributed by atoms with E-state index in [4.69, 9.17) is 19.7 Å². The molecule has 1 aliphatic heterocycles. The highest BCUT2D eigenvalue weighted by atomic mass is 16.6. The van der Waals surface area contributed by atoms with Gasteiger partial charge in [-0.15, -0.1) is 5.10 Å². The van der Waals surface area contributed by atoms with E-state index >= 15 is 0 Å². The highest BCUT2D eigenvalue weighted by molar-refractivity contribution is 6.01. The number of aliphatic imine (C=N–C) groups is 1. The second-order valence-corrected chi connectivity index (χ2v) is 9.37. The van der Waals surface area contributed by atoms with Gasteiger partial charge >= 0.3 is 0 Å². The van der Waals surface area contributed by atoms with Crippen molar-refractivity contribution in [2.24, 2.45) is 4.99 Å². The molecule has 2 aromatic carbocycles. The molecule has 1 N–H and O–H groups in total. The molecule has 1 aliphatic carbocycles. The fourth-order valence-electron chi connectivity index (χ4n) is 4.57. The maximum atomic E-state index is 6.34. The summed E-state index contributed by atoms with van der Waals surface area (Å²) in [5.41, 5.74) is 9.94. The van der Waals surface area contributed by atoms with E-state index in [1.807, 2.05) is 35.0 Å². The van der Waals surface area contributed by atoms with Gasteiger partial charge in [-0.2, -0.15) is 0 Å². The summed E-state index contributed by atoms with van der Waals surface area (Å²) in [6.07, 6.45) is 5.24. The molecule has 0 bridgehead atoms. The van der Waals surface area contributed by atoms with Crippen molar-refractivity contribution >= 4 is 11.4 Å². The van der Waals surface area contributed by atoms with Crippen LogP contribution in [0.5, 0.6) is 11.6 Å². The molecule has 2 aliphatic rings. The first kappa shape index (κ1) is 20.9. The third-order valence-corrected chi connectivity index (χ3v) is 6.57. The van der Waals surface area contributed by atoms with Gasteiger partial charge < -0.3 is 4.74 Å². The summed E-state index contributed by atoms with van der Waals surface area (Å²) in [5.74, 6) is 2.59. The zero-order valence-corrected chi connectivity index (χ0v) is 19.5. The predicted molar refractivity (Wildman–Crippen MR) is 133 cm³/mol. The highest BCUT2D eigenvalue weighted by Crippen LogP contribution is 2.41. The second kappa shape index (κ2) is 8.61. The van der Waals surface area contributed by atoms with Gasteiger partial charge in [0.2, 0.25) is 5.88 Å². The topological polar surface area (TPSA) is 60.2 Å². The standard InChI is InChI=1S/C28H28N4O2/c1-18-8-9-21(19(2)13-18)14-23-17-33-31-27(29-23)26-16-24-6-4-12-32(24)30-28(26)34-25-7-3-5-22(15-25)20-10-11-20/h3-9,12-13,15-16,20,23H,10-11,14,17H2,1-2H3,(H,29,31). The Morgan fingerprint density at radius 3 is 2.82 bits per heavy atom. The molecule has 1 saturated carbocycles. The molecule has 4 aromatic rings. The Kier molecular flexibility index (Phi) is 5.30. The van der Waals surface area contributed by atoms with Gasteiger partial charge in [-0.05, 0) is 86.1 Å². The molecule has 0 saturated heterocycles. The summed E-state index contributed by atoms with van der Waals surface area (Å²) < 4.78 is 8.16. The largest absolute Gasteiger partial charge is 0.437 e. The molecule has 1 unspecified atom stereocenters. The first-order valence-electron chi connectivity index (χ1n) is 11.9. The van der Waals surface area contributed by atoms with Crippen LogP contribution in [0.1, 0.15) is 46.6 Å². The van der Waals surface area contributed by atoms with Crippen LogP contribution >= 0.6 is 0 Å². The van der Waals surface area contributed by atoms with Gasteiger partial charge in [0.25, 0.3) is 0 Å². The molecule has 3 heterocycles. The Morgan fingerprint density at radius 1 is 1.06 bits per heavy atom. The molecule has 6 nitrogen and oxygen atoms in total. The number of hydroxylamine groups is 1. The monoisotopic (exact) mass is 452 g/mol. The first-order chi connectivity index (χ1) is 16.6. The second-order valence-electron chi connectivity index (χ2n) is 9.37. The Bertz CT molecular complexity index is 1390. The van der Waals surface area contributed by atoms with Gasteiger partial charge in [-0.1, -0.05) is 35.9 Å². The molecule has 1 fully saturated rings. The van der Waals surface area contributed by atoms with E-state index in [9.17, 15) is 0 Å². The number of aromatic nitrogens is 2. The summed E-state index contributed by atoms with van der Waals surface area (Å²) >= 11 is 0. The van der Waals surface area contributed by atoms with Crippen LogP contribution in [-0.4, -0.2) is 28.1 Å². The molecule has 2 aromatic heterocycles. The predicted octanol–water partition coefficient (Wildman–Crippen LogP) is 5.51. The van der Waals surface area contributed by atoms with Crippen molar-refractivity contribution in [2.45, 2.75) is 45.1 Å². The molecule has 6 heteroatoms. The molecule has 0 spiro atoms. The van der Waals surface area contributed by atoms with Crippen molar-refractivity contribution in [3.05, 3.63) is 94.7 Å². The van der Waals surface area contributed by atoms with Gasteiger partial charge in [-0.3, -0.25) is 9.83 Å². The van der Waals surface area contributed by atoms with Crippen molar-refractivity contribution in [3.8, 4) is 11.6 Å². The zero-order chi connectivity index (χ0) is 23.1. The molecular weight excluding hydrogens is 424 g/mol. The fraction of sp³-hybridized carbons (Fsp3) is 0.286. The van der Waals surface area contributed by atoms with E-state index in [2.05, 4.69) is 55.7 Å². The van der Waals surface area contributed by atoms with Gasteiger partial charge in [0.15, 0.2) is 5.84 Å². The average Bonchev–Trinajstić information content (AvgIpc) is 3.59. The zero-order valence-electron chi connectivity index (χ0n) is 19.5. The van der Waals surface area contributed by atoms with Crippen molar-refractivity contribution in [2.75, 3.05) is 6.61 Å². The Hall–Kier alpha value is -3.64. The van der Waals surface area contributed by atoms with Crippen molar-refractivity contribution in [1.82, 2.24) is 15.1 Å². The van der Waals surface area contributed by atoms with Crippen LogP contribution in [0.3, 0.4) is 0 Å². The Labute approximate surface area is 199 Å². The number of ether oxygens (including phenoxy) is 1. The molecule has 6 rings (SSSR count). The highest BCUT2D eigenvalue weighted by Gasteiger charge is 2.25. The number of hydrogen-bond acceptors (Lipinski definition) is 5. The van der Waals surface area contributed by atoms with Gasteiger partial charge in [0.1, 0.15) is 5.75 Å². The lowest BCUT2D eigenvalue weighted by atomic mass is 9.99. The Morgan fingerprint density at radius 2 is 1.97 bits per heavy atom. The first-order valence-corrected chi connectivity index (χ1v) is 11.9. The number of nitrogens with zero attached hydrogens (tertiary/aromatic N) is 3. The molecule has 0 radical (unpaired) electrons. The smallest absolute Gasteiger partial charge is 0.248 e. The molecular formula is C28H28N4O2. The van der Waals surface area contributed by atoms with Crippen molar-refractivity contribution in [3.63, 3.8) is 0 Å². The van der Waals surface area contributed by atoms with E-state index in [0.29, 0.717) is 24.2 Å². The van der Waals surface area contributed by atoms with Crippen LogP contribution < -0.4 is 10.2 Å². The van der Waals surface area contributed by atoms with Gasteiger partial charge in [0.05, 0.1) is 23.7 Å². The van der Waals surface area contributed by atoms with E-state index in [0.717, 1.165) is 23.3 Å². The van der Waals surface area contributed by atoms with E-state index in [1.54, 1.807) is 0 Å². The van der Waals surface area contributed by atoms with E-state index < -0.39 is 0 Å². The van der Waals surface area contributed by atoms with Gasteiger partial charge in [0, 0.05) is 6.20 Å². The third kappa shape index (κ3) is 4.29. The number of nitrogens with one attached hydrogen (secondary N) is 1. The number of amidine groups is 1. The van der Waals surface area contributed by atoms with Crippen LogP contribution in [0.4, 0.5) is 0 Å². The summed E-state index contributed by atoms with van der Waals surface area (Å²) in [5, 5.41) is 4.75. The molecule has 34 heavy (non-hydrogen) atoms. The lowest BCUT2D eigenvalue weighted by Crippen LogP contribution is -2.37.